The lowest BCUT2D eigenvalue weighted by Gasteiger charge is -2.35. The fraction of sp³-hybridized carbons (Fsp3) is 0.529. The van der Waals surface area contributed by atoms with Gasteiger partial charge in [0, 0.05) is 25.7 Å². The van der Waals surface area contributed by atoms with E-state index in [0.29, 0.717) is 18.1 Å². The molecule has 1 fully saturated rings. The van der Waals surface area contributed by atoms with Gasteiger partial charge in [-0.3, -0.25) is 0 Å². The van der Waals surface area contributed by atoms with Gasteiger partial charge in [0.25, 0.3) is 0 Å². The maximum Gasteiger partial charge on any atom is 0.176 e. The zero-order valence-electron chi connectivity index (χ0n) is 14.1. The van der Waals surface area contributed by atoms with Gasteiger partial charge in [-0.15, -0.1) is 5.10 Å². The zero-order chi connectivity index (χ0) is 17.3. The molecule has 5 nitrogen and oxygen atoms in total. The van der Waals surface area contributed by atoms with Crippen LogP contribution in [-0.2, 0) is 16.1 Å². The minimum Gasteiger partial charge on any atom is -0.377 e. The molecule has 0 radical (unpaired) electrons. The van der Waals surface area contributed by atoms with Crippen LogP contribution in [0.3, 0.4) is 0 Å². The summed E-state index contributed by atoms with van der Waals surface area (Å²) in [7, 11) is 1.56. The molecule has 2 heterocycles. The van der Waals surface area contributed by atoms with Gasteiger partial charge in [-0.2, -0.15) is 0 Å². The molecule has 0 saturated carbocycles. The van der Waals surface area contributed by atoms with E-state index in [1.807, 2.05) is 13.8 Å². The Morgan fingerprint density at radius 2 is 2.12 bits per heavy atom. The normalized spacial score (nSPS) is 20.3. The Bertz CT molecular complexity index is 731. The summed E-state index contributed by atoms with van der Waals surface area (Å²) in [5.74, 6) is -0.426. The number of hydrogen-bond acceptors (Lipinski definition) is 4. The molecular formula is C17H21F2N3O2. The van der Waals surface area contributed by atoms with Crippen molar-refractivity contribution in [1.29, 1.82) is 0 Å². The first-order valence-corrected chi connectivity index (χ1v) is 7.94. The van der Waals surface area contributed by atoms with Crippen LogP contribution in [0.1, 0.15) is 44.3 Å². The Labute approximate surface area is 139 Å². The summed E-state index contributed by atoms with van der Waals surface area (Å²) in [5, 5.41) is 4.41. The van der Waals surface area contributed by atoms with Crippen molar-refractivity contribution in [2.45, 2.75) is 44.8 Å². The molecule has 24 heavy (non-hydrogen) atoms. The molecule has 0 bridgehead atoms. The monoisotopic (exact) mass is 337 g/mol. The van der Waals surface area contributed by atoms with Gasteiger partial charge < -0.3 is 9.47 Å². The maximum atomic E-state index is 13.6. The Balaban J connectivity index is 2.02. The fourth-order valence-electron chi connectivity index (χ4n) is 3.08. The van der Waals surface area contributed by atoms with E-state index in [9.17, 15) is 8.78 Å². The number of nitrogens with zero attached hydrogens (tertiary/aromatic N) is 3. The second-order valence-corrected chi connectivity index (χ2v) is 6.63. The van der Waals surface area contributed by atoms with Gasteiger partial charge in [0.1, 0.15) is 12.4 Å². The molecule has 0 aliphatic carbocycles. The Morgan fingerprint density at radius 3 is 2.79 bits per heavy atom. The summed E-state index contributed by atoms with van der Waals surface area (Å²) in [6.07, 6.45) is 1.58. The largest absolute Gasteiger partial charge is 0.377 e. The molecule has 7 heteroatoms. The van der Waals surface area contributed by atoms with Crippen molar-refractivity contribution in [3.8, 4) is 5.69 Å². The van der Waals surface area contributed by atoms with E-state index in [1.54, 1.807) is 11.8 Å². The second kappa shape index (κ2) is 6.57. The van der Waals surface area contributed by atoms with Crippen LogP contribution in [0, 0.1) is 11.6 Å². The van der Waals surface area contributed by atoms with Crippen LogP contribution >= 0.6 is 0 Å². The van der Waals surface area contributed by atoms with Crippen molar-refractivity contribution >= 4 is 0 Å². The smallest absolute Gasteiger partial charge is 0.176 e. The zero-order valence-corrected chi connectivity index (χ0v) is 14.1. The van der Waals surface area contributed by atoms with Crippen LogP contribution < -0.4 is 0 Å². The van der Waals surface area contributed by atoms with E-state index < -0.39 is 11.6 Å². The molecule has 1 atom stereocenters. The van der Waals surface area contributed by atoms with Crippen molar-refractivity contribution in [2.24, 2.45) is 0 Å². The standard InChI is InChI=1S/C17H21F2N3O2/c1-17(2)9-11(6-7-24-17)16-20-15(10-23-3)21-22(16)12-4-5-13(18)14(19)8-12/h4-5,8,11H,6-7,9-10H2,1-3H3/t11-/m1/s1. The third-order valence-corrected chi connectivity index (χ3v) is 4.16. The lowest BCUT2D eigenvalue weighted by atomic mass is 9.88. The molecule has 1 aromatic heterocycles. The molecule has 0 amide bonds. The molecule has 0 unspecified atom stereocenters. The summed E-state index contributed by atoms with van der Waals surface area (Å²) in [5.41, 5.74) is 0.192. The van der Waals surface area contributed by atoms with E-state index in [4.69, 9.17) is 9.47 Å². The fourth-order valence-corrected chi connectivity index (χ4v) is 3.08. The van der Waals surface area contributed by atoms with Gasteiger partial charge in [0.05, 0.1) is 11.3 Å². The molecule has 0 N–H and O–H groups in total. The molecule has 1 aliphatic rings. The SMILES string of the molecule is COCc1nc([C@@H]2CCOC(C)(C)C2)n(-c2ccc(F)c(F)c2)n1. The average Bonchev–Trinajstić information content (AvgIpc) is 2.93. The van der Waals surface area contributed by atoms with Crippen molar-refractivity contribution < 1.29 is 18.3 Å². The van der Waals surface area contributed by atoms with E-state index >= 15 is 0 Å². The number of rotatable bonds is 4. The van der Waals surface area contributed by atoms with Crippen LogP contribution in [-0.4, -0.2) is 34.1 Å². The molecule has 0 spiro atoms. The molecule has 1 aromatic carbocycles. The molecule has 1 saturated heterocycles. The highest BCUT2D eigenvalue weighted by atomic mass is 19.2. The van der Waals surface area contributed by atoms with Crippen molar-refractivity contribution in [2.75, 3.05) is 13.7 Å². The van der Waals surface area contributed by atoms with Crippen LogP contribution in [0.5, 0.6) is 0 Å². The summed E-state index contributed by atoms with van der Waals surface area (Å²) >= 11 is 0. The molecule has 3 rings (SSSR count). The minimum atomic E-state index is -0.908. The molecular weight excluding hydrogens is 316 g/mol. The van der Waals surface area contributed by atoms with Crippen LogP contribution in [0.15, 0.2) is 18.2 Å². The molecule has 2 aromatic rings. The van der Waals surface area contributed by atoms with Gasteiger partial charge in [0.2, 0.25) is 0 Å². The maximum absolute atomic E-state index is 13.6. The van der Waals surface area contributed by atoms with Crippen LogP contribution in [0.4, 0.5) is 8.78 Å². The number of ether oxygens (including phenoxy) is 2. The van der Waals surface area contributed by atoms with Gasteiger partial charge in [0.15, 0.2) is 17.5 Å². The predicted octanol–water partition coefficient (Wildman–Crippen LogP) is 3.36. The first-order valence-electron chi connectivity index (χ1n) is 7.94. The highest BCUT2D eigenvalue weighted by molar-refractivity contribution is 5.33. The quantitative estimate of drug-likeness (QED) is 0.858. The number of hydrogen-bond donors (Lipinski definition) is 0. The molecule has 130 valence electrons. The van der Waals surface area contributed by atoms with Gasteiger partial charge in [-0.05, 0) is 38.8 Å². The topological polar surface area (TPSA) is 49.2 Å². The Morgan fingerprint density at radius 1 is 1.33 bits per heavy atom. The van der Waals surface area contributed by atoms with Gasteiger partial charge in [-0.25, -0.2) is 18.4 Å². The van der Waals surface area contributed by atoms with E-state index in [1.165, 1.54) is 6.07 Å². The van der Waals surface area contributed by atoms with Crippen LogP contribution in [0.25, 0.3) is 5.69 Å². The second-order valence-electron chi connectivity index (χ2n) is 6.63. The minimum absolute atomic E-state index is 0.125. The van der Waals surface area contributed by atoms with Crippen LogP contribution in [0.2, 0.25) is 0 Å². The van der Waals surface area contributed by atoms with Crippen molar-refractivity contribution in [3.05, 3.63) is 41.5 Å². The first-order chi connectivity index (χ1) is 11.4. The van der Waals surface area contributed by atoms with Gasteiger partial charge in [-0.1, -0.05) is 0 Å². The summed E-state index contributed by atoms with van der Waals surface area (Å²) in [6, 6.07) is 3.73. The summed E-state index contributed by atoms with van der Waals surface area (Å²) in [6.45, 7) is 4.96. The Kier molecular flexibility index (Phi) is 4.64. The van der Waals surface area contributed by atoms with E-state index in [0.717, 1.165) is 30.8 Å². The predicted molar refractivity (Wildman–Crippen MR) is 84.0 cm³/mol. The van der Waals surface area contributed by atoms with E-state index in [-0.39, 0.29) is 18.1 Å². The number of benzene rings is 1. The highest BCUT2D eigenvalue weighted by Gasteiger charge is 2.33. The average molecular weight is 337 g/mol. The van der Waals surface area contributed by atoms with E-state index in [2.05, 4.69) is 10.1 Å². The van der Waals surface area contributed by atoms with Gasteiger partial charge >= 0.3 is 0 Å². The lowest BCUT2D eigenvalue weighted by molar-refractivity contribution is -0.0605. The number of halogens is 2. The summed E-state index contributed by atoms with van der Waals surface area (Å²) in [4.78, 5) is 4.57. The first kappa shape index (κ1) is 17.0. The third kappa shape index (κ3) is 3.47. The Hall–Kier alpha value is -1.86. The highest BCUT2D eigenvalue weighted by Crippen LogP contribution is 2.35. The van der Waals surface area contributed by atoms with Crippen molar-refractivity contribution in [1.82, 2.24) is 14.8 Å². The lowest BCUT2D eigenvalue weighted by Crippen LogP contribution is -2.34. The number of methoxy groups -OCH3 is 1. The third-order valence-electron chi connectivity index (χ3n) is 4.16. The summed E-state index contributed by atoms with van der Waals surface area (Å²) < 4.78 is 39.3. The molecule has 1 aliphatic heterocycles. The number of aromatic nitrogens is 3. The van der Waals surface area contributed by atoms with Crippen molar-refractivity contribution in [3.63, 3.8) is 0 Å².